The van der Waals surface area contributed by atoms with Crippen LogP contribution in [0.15, 0.2) is 54.9 Å². The van der Waals surface area contributed by atoms with E-state index >= 15 is 0 Å². The molecule has 1 heterocycles. The first kappa shape index (κ1) is 14.8. The Hall–Kier alpha value is -3.15. The van der Waals surface area contributed by atoms with Crippen molar-refractivity contribution in [1.29, 1.82) is 0 Å². The number of aromatic nitrogens is 2. The molecule has 1 aromatic heterocycles. The molecule has 3 aromatic rings. The minimum absolute atomic E-state index is 0.155. The van der Waals surface area contributed by atoms with Gasteiger partial charge >= 0.3 is 0 Å². The topological polar surface area (TPSA) is 78.4 Å². The number of aromatic hydroxyl groups is 1. The van der Waals surface area contributed by atoms with Crippen LogP contribution in [0.5, 0.6) is 5.75 Å². The highest BCUT2D eigenvalue weighted by Gasteiger charge is 2.12. The molecule has 0 aliphatic rings. The third-order valence-electron chi connectivity index (χ3n) is 3.42. The molecule has 0 spiro atoms. The van der Waals surface area contributed by atoms with Crippen molar-refractivity contribution in [3.8, 4) is 5.75 Å². The average Bonchev–Trinajstić information content (AvgIpc) is 2.56. The van der Waals surface area contributed by atoms with Crippen LogP contribution in [0.3, 0.4) is 0 Å². The summed E-state index contributed by atoms with van der Waals surface area (Å²) in [6.07, 6.45) is 1.49. The van der Waals surface area contributed by atoms with Crippen LogP contribution in [0.25, 0.3) is 10.9 Å². The summed E-state index contributed by atoms with van der Waals surface area (Å²) in [5.41, 5.74) is 1.47. The standard InChI is InChI=1S/C17H16N4O2/c1-21(10-16(23)20-12-6-8-13(22)9-7-12)17-14-4-2-3-5-15(14)18-11-19-17/h2-9,11,22H,10H2,1H3,(H,20,23). The molecule has 6 nitrogen and oxygen atoms in total. The van der Waals surface area contributed by atoms with Crippen LogP contribution in [-0.4, -0.2) is 34.6 Å². The van der Waals surface area contributed by atoms with Gasteiger partial charge in [0, 0.05) is 18.1 Å². The van der Waals surface area contributed by atoms with Gasteiger partial charge in [-0.3, -0.25) is 4.79 Å². The number of benzene rings is 2. The molecule has 0 atom stereocenters. The second-order valence-corrected chi connectivity index (χ2v) is 5.17. The summed E-state index contributed by atoms with van der Waals surface area (Å²) < 4.78 is 0. The molecule has 2 aromatic carbocycles. The maximum Gasteiger partial charge on any atom is 0.243 e. The quantitative estimate of drug-likeness (QED) is 0.724. The maximum atomic E-state index is 12.2. The van der Waals surface area contributed by atoms with Gasteiger partial charge in [0.25, 0.3) is 0 Å². The van der Waals surface area contributed by atoms with Gasteiger partial charge in [0.2, 0.25) is 5.91 Å². The first-order valence-corrected chi connectivity index (χ1v) is 7.13. The second kappa shape index (κ2) is 6.31. The number of para-hydroxylation sites is 1. The molecule has 116 valence electrons. The average molecular weight is 308 g/mol. The number of amides is 1. The van der Waals surface area contributed by atoms with Crippen LogP contribution in [0.4, 0.5) is 11.5 Å². The Balaban J connectivity index is 1.74. The number of nitrogens with one attached hydrogen (secondary N) is 1. The lowest BCUT2D eigenvalue weighted by Gasteiger charge is -2.19. The van der Waals surface area contributed by atoms with Crippen molar-refractivity contribution < 1.29 is 9.90 Å². The molecule has 0 saturated carbocycles. The van der Waals surface area contributed by atoms with Crippen molar-refractivity contribution in [1.82, 2.24) is 9.97 Å². The smallest absolute Gasteiger partial charge is 0.243 e. The molecule has 0 aliphatic carbocycles. The maximum absolute atomic E-state index is 12.2. The van der Waals surface area contributed by atoms with E-state index in [1.807, 2.05) is 31.3 Å². The Morgan fingerprint density at radius 2 is 1.87 bits per heavy atom. The number of fused-ring (bicyclic) bond motifs is 1. The SMILES string of the molecule is CN(CC(=O)Nc1ccc(O)cc1)c1ncnc2ccccc12. The lowest BCUT2D eigenvalue weighted by Crippen LogP contribution is -2.30. The lowest BCUT2D eigenvalue weighted by molar-refractivity contribution is -0.114. The molecule has 23 heavy (non-hydrogen) atoms. The largest absolute Gasteiger partial charge is 0.508 e. The number of hydrogen-bond donors (Lipinski definition) is 2. The highest BCUT2D eigenvalue weighted by molar-refractivity contribution is 5.96. The van der Waals surface area contributed by atoms with Crippen molar-refractivity contribution >= 4 is 28.3 Å². The van der Waals surface area contributed by atoms with Crippen molar-refractivity contribution in [2.75, 3.05) is 23.8 Å². The summed E-state index contributed by atoms with van der Waals surface area (Å²) in [4.78, 5) is 22.4. The zero-order chi connectivity index (χ0) is 16.2. The lowest BCUT2D eigenvalue weighted by atomic mass is 10.2. The first-order valence-electron chi connectivity index (χ1n) is 7.13. The first-order chi connectivity index (χ1) is 11.1. The Labute approximate surface area is 133 Å². The van der Waals surface area contributed by atoms with Gasteiger partial charge in [0.1, 0.15) is 17.9 Å². The number of carbonyl (C=O) groups excluding carboxylic acids is 1. The number of phenolic OH excluding ortho intramolecular Hbond substituents is 1. The van der Waals surface area contributed by atoms with Crippen molar-refractivity contribution in [3.63, 3.8) is 0 Å². The summed E-state index contributed by atoms with van der Waals surface area (Å²) in [6.45, 7) is 0.155. The van der Waals surface area contributed by atoms with E-state index in [-0.39, 0.29) is 18.2 Å². The van der Waals surface area contributed by atoms with Gasteiger partial charge in [0.15, 0.2) is 0 Å². The Morgan fingerprint density at radius 1 is 1.13 bits per heavy atom. The number of nitrogens with zero attached hydrogens (tertiary/aromatic N) is 3. The molecule has 0 radical (unpaired) electrons. The fourth-order valence-corrected chi connectivity index (χ4v) is 2.33. The minimum atomic E-state index is -0.166. The third kappa shape index (κ3) is 3.37. The Kier molecular flexibility index (Phi) is 4.05. The summed E-state index contributed by atoms with van der Waals surface area (Å²) in [5, 5.41) is 12.9. The van der Waals surface area contributed by atoms with E-state index in [2.05, 4.69) is 15.3 Å². The summed E-state index contributed by atoms with van der Waals surface area (Å²) in [5.74, 6) is 0.699. The number of likely N-dealkylation sites (N-methyl/N-ethyl adjacent to an activating group) is 1. The Bertz CT molecular complexity index is 828. The molecule has 0 saturated heterocycles. The highest BCUT2D eigenvalue weighted by Crippen LogP contribution is 2.21. The molecule has 1 amide bonds. The number of hydrogen-bond acceptors (Lipinski definition) is 5. The van der Waals surface area contributed by atoms with Gasteiger partial charge in [-0.1, -0.05) is 12.1 Å². The van der Waals surface area contributed by atoms with Gasteiger partial charge < -0.3 is 15.3 Å². The van der Waals surface area contributed by atoms with Gasteiger partial charge in [-0.15, -0.1) is 0 Å². The van der Waals surface area contributed by atoms with Gasteiger partial charge in [-0.25, -0.2) is 9.97 Å². The third-order valence-corrected chi connectivity index (χ3v) is 3.42. The zero-order valence-corrected chi connectivity index (χ0v) is 12.6. The van der Waals surface area contributed by atoms with Crippen LogP contribution >= 0.6 is 0 Å². The van der Waals surface area contributed by atoms with E-state index in [1.54, 1.807) is 17.0 Å². The van der Waals surface area contributed by atoms with Gasteiger partial charge in [0.05, 0.1) is 12.1 Å². The molecular weight excluding hydrogens is 292 g/mol. The van der Waals surface area contributed by atoms with Gasteiger partial charge in [-0.2, -0.15) is 0 Å². The number of rotatable bonds is 4. The van der Waals surface area contributed by atoms with E-state index in [1.165, 1.54) is 18.5 Å². The number of phenols is 1. The van der Waals surface area contributed by atoms with E-state index in [9.17, 15) is 9.90 Å². The number of anilines is 2. The molecular formula is C17H16N4O2. The molecule has 3 rings (SSSR count). The van der Waals surface area contributed by atoms with E-state index in [4.69, 9.17) is 0 Å². The van der Waals surface area contributed by atoms with Crippen molar-refractivity contribution in [2.45, 2.75) is 0 Å². The van der Waals surface area contributed by atoms with Crippen LogP contribution in [0.1, 0.15) is 0 Å². The zero-order valence-electron chi connectivity index (χ0n) is 12.6. The van der Waals surface area contributed by atoms with Crippen molar-refractivity contribution in [2.24, 2.45) is 0 Å². The molecule has 0 fully saturated rings. The molecule has 0 bridgehead atoms. The van der Waals surface area contributed by atoms with E-state index in [0.29, 0.717) is 11.5 Å². The minimum Gasteiger partial charge on any atom is -0.508 e. The van der Waals surface area contributed by atoms with Crippen LogP contribution in [0.2, 0.25) is 0 Å². The fourth-order valence-electron chi connectivity index (χ4n) is 2.33. The van der Waals surface area contributed by atoms with Crippen LogP contribution < -0.4 is 10.2 Å². The molecule has 6 heteroatoms. The summed E-state index contributed by atoms with van der Waals surface area (Å²) in [7, 11) is 1.81. The number of carbonyl (C=O) groups is 1. The predicted octanol–water partition coefficient (Wildman–Crippen LogP) is 2.41. The fraction of sp³-hybridized carbons (Fsp3) is 0.118. The van der Waals surface area contributed by atoms with E-state index in [0.717, 1.165) is 10.9 Å². The summed E-state index contributed by atoms with van der Waals surface area (Å²) in [6, 6.07) is 14.0. The molecule has 2 N–H and O–H groups in total. The predicted molar refractivity (Wildman–Crippen MR) is 89.5 cm³/mol. The normalized spacial score (nSPS) is 10.5. The van der Waals surface area contributed by atoms with Crippen LogP contribution in [-0.2, 0) is 4.79 Å². The van der Waals surface area contributed by atoms with E-state index < -0.39 is 0 Å². The second-order valence-electron chi connectivity index (χ2n) is 5.17. The highest BCUT2D eigenvalue weighted by atomic mass is 16.3. The van der Waals surface area contributed by atoms with Gasteiger partial charge in [-0.05, 0) is 36.4 Å². The monoisotopic (exact) mass is 308 g/mol. The molecule has 0 aliphatic heterocycles. The summed E-state index contributed by atoms with van der Waals surface area (Å²) >= 11 is 0. The van der Waals surface area contributed by atoms with Crippen molar-refractivity contribution in [3.05, 3.63) is 54.9 Å². The Morgan fingerprint density at radius 3 is 2.65 bits per heavy atom. The van der Waals surface area contributed by atoms with Crippen LogP contribution in [0, 0.1) is 0 Å². The molecule has 0 unspecified atom stereocenters.